The van der Waals surface area contributed by atoms with Gasteiger partial charge in [0.15, 0.2) is 0 Å². The fraction of sp³-hybridized carbons (Fsp3) is 0.571. The zero-order valence-electron chi connectivity index (χ0n) is 11.0. The SMILES string of the molecule is C=CCN(CC)Cc1ccc(CNCCC)o1. The molecule has 1 aromatic heterocycles. The van der Waals surface area contributed by atoms with Crippen molar-refractivity contribution in [3.63, 3.8) is 0 Å². The van der Waals surface area contributed by atoms with Crippen LogP contribution in [-0.2, 0) is 13.1 Å². The van der Waals surface area contributed by atoms with E-state index >= 15 is 0 Å². The lowest BCUT2D eigenvalue weighted by Gasteiger charge is -2.16. The van der Waals surface area contributed by atoms with Crippen molar-refractivity contribution >= 4 is 0 Å². The minimum absolute atomic E-state index is 0.821. The second kappa shape index (κ2) is 8.09. The van der Waals surface area contributed by atoms with Crippen molar-refractivity contribution in [2.75, 3.05) is 19.6 Å². The first-order valence-corrected chi connectivity index (χ1v) is 6.41. The molecule has 1 heterocycles. The summed E-state index contributed by atoms with van der Waals surface area (Å²) in [5.74, 6) is 2.05. The van der Waals surface area contributed by atoms with Gasteiger partial charge in [0.1, 0.15) is 11.5 Å². The molecule has 17 heavy (non-hydrogen) atoms. The van der Waals surface area contributed by atoms with Crippen molar-refractivity contribution in [3.8, 4) is 0 Å². The van der Waals surface area contributed by atoms with Crippen LogP contribution in [0.2, 0.25) is 0 Å². The maximum absolute atomic E-state index is 5.77. The quantitative estimate of drug-likeness (QED) is 0.528. The Hall–Kier alpha value is -1.06. The van der Waals surface area contributed by atoms with Crippen LogP contribution in [0.5, 0.6) is 0 Å². The minimum atomic E-state index is 0.821. The van der Waals surface area contributed by atoms with Crippen LogP contribution in [0.1, 0.15) is 31.8 Å². The number of furan rings is 1. The highest BCUT2D eigenvalue weighted by molar-refractivity contribution is 5.07. The lowest BCUT2D eigenvalue weighted by molar-refractivity contribution is 0.277. The molecule has 0 unspecified atom stereocenters. The number of nitrogens with one attached hydrogen (secondary N) is 1. The van der Waals surface area contributed by atoms with Gasteiger partial charge >= 0.3 is 0 Å². The van der Waals surface area contributed by atoms with Gasteiger partial charge in [0, 0.05) is 6.54 Å². The molecule has 96 valence electrons. The van der Waals surface area contributed by atoms with E-state index in [9.17, 15) is 0 Å². The Morgan fingerprint density at radius 1 is 1.35 bits per heavy atom. The number of likely N-dealkylation sites (N-methyl/N-ethyl adjacent to an activating group) is 1. The van der Waals surface area contributed by atoms with Crippen molar-refractivity contribution in [1.29, 1.82) is 0 Å². The molecule has 0 aliphatic rings. The van der Waals surface area contributed by atoms with Crippen LogP contribution in [0.4, 0.5) is 0 Å². The minimum Gasteiger partial charge on any atom is -0.463 e. The van der Waals surface area contributed by atoms with Gasteiger partial charge < -0.3 is 9.73 Å². The summed E-state index contributed by atoms with van der Waals surface area (Å²) in [5, 5.41) is 3.33. The highest BCUT2D eigenvalue weighted by Crippen LogP contribution is 2.10. The summed E-state index contributed by atoms with van der Waals surface area (Å²) in [6, 6.07) is 4.12. The third-order valence-corrected chi connectivity index (χ3v) is 2.66. The Morgan fingerprint density at radius 3 is 2.76 bits per heavy atom. The van der Waals surface area contributed by atoms with Crippen molar-refractivity contribution in [2.24, 2.45) is 0 Å². The second-order valence-electron chi connectivity index (χ2n) is 4.16. The predicted molar refractivity (Wildman–Crippen MR) is 71.9 cm³/mol. The van der Waals surface area contributed by atoms with Crippen LogP contribution in [0.25, 0.3) is 0 Å². The molecule has 0 bridgehead atoms. The third kappa shape index (κ3) is 5.20. The van der Waals surface area contributed by atoms with E-state index in [2.05, 4.69) is 42.8 Å². The van der Waals surface area contributed by atoms with Crippen molar-refractivity contribution in [1.82, 2.24) is 10.2 Å². The summed E-state index contributed by atoms with van der Waals surface area (Å²) in [6.07, 6.45) is 3.08. The predicted octanol–water partition coefficient (Wildman–Crippen LogP) is 2.79. The molecule has 0 atom stereocenters. The van der Waals surface area contributed by atoms with Gasteiger partial charge in [-0.1, -0.05) is 19.9 Å². The molecule has 0 spiro atoms. The molecule has 0 aromatic carbocycles. The van der Waals surface area contributed by atoms with Crippen molar-refractivity contribution in [2.45, 2.75) is 33.4 Å². The Bertz CT molecular complexity index is 320. The van der Waals surface area contributed by atoms with E-state index in [1.807, 2.05) is 6.08 Å². The molecule has 1 aromatic rings. The van der Waals surface area contributed by atoms with Gasteiger partial charge in [0.2, 0.25) is 0 Å². The van der Waals surface area contributed by atoms with Gasteiger partial charge in [-0.05, 0) is 31.6 Å². The van der Waals surface area contributed by atoms with E-state index in [1.165, 1.54) is 0 Å². The number of rotatable bonds is 9. The summed E-state index contributed by atoms with van der Waals surface area (Å²) in [5.41, 5.74) is 0. The molecule has 0 radical (unpaired) electrons. The van der Waals surface area contributed by atoms with Gasteiger partial charge in [-0.25, -0.2) is 0 Å². The number of hydrogen-bond donors (Lipinski definition) is 1. The Labute approximate surface area is 104 Å². The smallest absolute Gasteiger partial charge is 0.118 e. The molecule has 1 N–H and O–H groups in total. The second-order valence-corrected chi connectivity index (χ2v) is 4.16. The first kappa shape index (κ1) is 14.0. The normalized spacial score (nSPS) is 11.0. The summed E-state index contributed by atoms with van der Waals surface area (Å²) < 4.78 is 5.77. The fourth-order valence-corrected chi connectivity index (χ4v) is 1.70. The van der Waals surface area contributed by atoms with Gasteiger partial charge in [-0.2, -0.15) is 0 Å². The first-order valence-electron chi connectivity index (χ1n) is 6.41. The molecule has 0 amide bonds. The zero-order chi connectivity index (χ0) is 12.5. The fourth-order valence-electron chi connectivity index (χ4n) is 1.70. The Morgan fingerprint density at radius 2 is 2.12 bits per heavy atom. The maximum atomic E-state index is 5.77. The van der Waals surface area contributed by atoms with E-state index in [-0.39, 0.29) is 0 Å². The molecular weight excluding hydrogens is 212 g/mol. The van der Waals surface area contributed by atoms with E-state index in [0.29, 0.717) is 0 Å². The molecule has 3 heteroatoms. The summed E-state index contributed by atoms with van der Waals surface area (Å²) in [6.45, 7) is 12.7. The van der Waals surface area contributed by atoms with E-state index in [1.54, 1.807) is 0 Å². The van der Waals surface area contributed by atoms with Crippen LogP contribution in [0.3, 0.4) is 0 Å². The first-order chi connectivity index (χ1) is 8.30. The standard InChI is InChI=1S/C14H24N2O/c1-4-9-15-11-13-7-8-14(17-13)12-16(6-3)10-5-2/h5,7-8,15H,2,4,6,9-12H2,1,3H3. The molecule has 0 aliphatic carbocycles. The van der Waals surface area contributed by atoms with Gasteiger partial charge in [0.05, 0.1) is 13.1 Å². The van der Waals surface area contributed by atoms with Gasteiger partial charge in [-0.3, -0.25) is 4.90 Å². The monoisotopic (exact) mass is 236 g/mol. The molecule has 1 rings (SSSR count). The summed E-state index contributed by atoms with van der Waals surface area (Å²) in [4.78, 5) is 2.29. The lowest BCUT2D eigenvalue weighted by Crippen LogP contribution is -2.22. The number of nitrogens with zero attached hydrogens (tertiary/aromatic N) is 1. The average molecular weight is 236 g/mol. The van der Waals surface area contributed by atoms with E-state index in [0.717, 1.165) is 50.7 Å². The van der Waals surface area contributed by atoms with E-state index in [4.69, 9.17) is 4.42 Å². The van der Waals surface area contributed by atoms with Crippen molar-refractivity contribution < 1.29 is 4.42 Å². The highest BCUT2D eigenvalue weighted by Gasteiger charge is 2.06. The highest BCUT2D eigenvalue weighted by atomic mass is 16.3. The van der Waals surface area contributed by atoms with Crippen molar-refractivity contribution in [3.05, 3.63) is 36.3 Å². The van der Waals surface area contributed by atoms with Crippen LogP contribution in [-0.4, -0.2) is 24.5 Å². The molecule has 0 aliphatic heterocycles. The van der Waals surface area contributed by atoms with Crippen LogP contribution in [0, 0.1) is 0 Å². The molecule has 3 nitrogen and oxygen atoms in total. The third-order valence-electron chi connectivity index (χ3n) is 2.66. The molecule has 0 saturated carbocycles. The molecule has 0 fully saturated rings. The Kier molecular flexibility index (Phi) is 6.67. The van der Waals surface area contributed by atoms with Crippen LogP contribution >= 0.6 is 0 Å². The molecule has 0 saturated heterocycles. The largest absolute Gasteiger partial charge is 0.463 e. The number of hydrogen-bond acceptors (Lipinski definition) is 3. The van der Waals surface area contributed by atoms with Crippen LogP contribution in [0.15, 0.2) is 29.2 Å². The molecular formula is C14H24N2O. The van der Waals surface area contributed by atoms with Crippen LogP contribution < -0.4 is 5.32 Å². The summed E-state index contributed by atoms with van der Waals surface area (Å²) in [7, 11) is 0. The maximum Gasteiger partial charge on any atom is 0.118 e. The van der Waals surface area contributed by atoms with Gasteiger partial charge in [0.25, 0.3) is 0 Å². The summed E-state index contributed by atoms with van der Waals surface area (Å²) >= 11 is 0. The topological polar surface area (TPSA) is 28.4 Å². The lowest BCUT2D eigenvalue weighted by atomic mass is 10.3. The average Bonchev–Trinajstić information content (AvgIpc) is 2.77. The zero-order valence-corrected chi connectivity index (χ0v) is 11.0. The van der Waals surface area contributed by atoms with E-state index < -0.39 is 0 Å². The van der Waals surface area contributed by atoms with Gasteiger partial charge in [-0.15, -0.1) is 6.58 Å². The Balaban J connectivity index is 2.41.